The number of esters is 1. The van der Waals surface area contributed by atoms with Crippen LogP contribution < -0.4 is 9.47 Å². The van der Waals surface area contributed by atoms with Gasteiger partial charge in [-0.2, -0.15) is 0 Å². The Kier molecular flexibility index (Phi) is 9.86. The molecule has 2 atom stereocenters. The molecule has 7 heteroatoms. The largest absolute Gasteiger partial charge is 0.491 e. The first-order chi connectivity index (χ1) is 14.5. The molecular formula is C23H28O7. The van der Waals surface area contributed by atoms with Crippen LogP contribution in [0.15, 0.2) is 61.2 Å². The Morgan fingerprint density at radius 3 is 1.77 bits per heavy atom. The van der Waals surface area contributed by atoms with E-state index in [0.29, 0.717) is 11.5 Å². The zero-order chi connectivity index (χ0) is 21.8. The third-order valence-corrected chi connectivity index (χ3v) is 4.08. The molecule has 2 aromatic rings. The highest BCUT2D eigenvalue weighted by molar-refractivity contribution is 5.81. The van der Waals surface area contributed by atoms with Gasteiger partial charge in [0.1, 0.15) is 43.5 Å². The lowest BCUT2D eigenvalue weighted by Crippen LogP contribution is -2.24. The normalized spacial score (nSPS) is 12.6. The Balaban J connectivity index is 1.77. The van der Waals surface area contributed by atoms with E-state index >= 15 is 0 Å². The summed E-state index contributed by atoms with van der Waals surface area (Å²) in [5, 5.41) is 19.4. The molecule has 2 N–H and O–H groups in total. The molecule has 0 heterocycles. The van der Waals surface area contributed by atoms with Crippen molar-refractivity contribution in [3.05, 3.63) is 72.3 Å². The van der Waals surface area contributed by atoms with E-state index in [4.69, 9.17) is 18.9 Å². The number of methoxy groups -OCH3 is 1. The third kappa shape index (κ3) is 8.65. The van der Waals surface area contributed by atoms with Crippen molar-refractivity contribution in [1.29, 1.82) is 0 Å². The van der Waals surface area contributed by atoms with Gasteiger partial charge in [-0.3, -0.25) is 0 Å². The summed E-state index contributed by atoms with van der Waals surface area (Å²) in [7, 11) is 1.53. The fraction of sp³-hybridized carbons (Fsp3) is 0.348. The minimum atomic E-state index is -0.912. The molecule has 0 aliphatic heterocycles. The quantitative estimate of drug-likeness (QED) is 0.382. The van der Waals surface area contributed by atoms with Crippen molar-refractivity contribution in [2.45, 2.75) is 18.6 Å². The topological polar surface area (TPSA) is 94.5 Å². The van der Waals surface area contributed by atoms with Gasteiger partial charge < -0.3 is 29.2 Å². The van der Waals surface area contributed by atoms with Gasteiger partial charge in [0.2, 0.25) is 0 Å². The molecule has 0 radical (unpaired) electrons. The number of hydrogen-bond acceptors (Lipinski definition) is 7. The van der Waals surface area contributed by atoms with Crippen LogP contribution in [0.3, 0.4) is 0 Å². The van der Waals surface area contributed by atoms with Gasteiger partial charge in [0.15, 0.2) is 0 Å². The molecule has 162 valence electrons. The Labute approximate surface area is 176 Å². The molecule has 0 saturated carbocycles. The number of ether oxygens (including phenoxy) is 4. The second-order valence-corrected chi connectivity index (χ2v) is 6.68. The zero-order valence-corrected chi connectivity index (χ0v) is 17.0. The molecule has 0 aliphatic carbocycles. The van der Waals surface area contributed by atoms with E-state index in [-0.39, 0.29) is 26.4 Å². The first-order valence-electron chi connectivity index (χ1n) is 9.58. The van der Waals surface area contributed by atoms with Gasteiger partial charge in [-0.25, -0.2) is 4.79 Å². The molecule has 0 spiro atoms. The number of hydrogen-bond donors (Lipinski definition) is 2. The van der Waals surface area contributed by atoms with Crippen molar-refractivity contribution in [1.82, 2.24) is 0 Å². The molecule has 0 saturated heterocycles. The minimum absolute atomic E-state index is 0.0182. The van der Waals surface area contributed by atoms with Gasteiger partial charge in [0.05, 0.1) is 6.61 Å². The second-order valence-electron chi connectivity index (χ2n) is 6.68. The number of carbonyl (C=O) groups excluding carboxylic acids is 1. The maximum absolute atomic E-state index is 11.0. The maximum atomic E-state index is 11.0. The number of aliphatic hydroxyl groups is 2. The van der Waals surface area contributed by atoms with Crippen molar-refractivity contribution in [3.63, 3.8) is 0 Å². The van der Waals surface area contributed by atoms with Crippen molar-refractivity contribution in [2.75, 3.05) is 33.5 Å². The molecule has 0 aromatic heterocycles. The summed E-state index contributed by atoms with van der Waals surface area (Å²) in [6.45, 7) is 3.58. The fourth-order valence-corrected chi connectivity index (χ4v) is 2.55. The summed E-state index contributed by atoms with van der Waals surface area (Å²) in [5.41, 5.74) is 2.22. The lowest BCUT2D eigenvalue weighted by atomic mass is 10.0. The summed E-state index contributed by atoms with van der Waals surface area (Å²) in [5.74, 6) is 0.725. The van der Waals surface area contributed by atoms with Crippen molar-refractivity contribution in [3.8, 4) is 11.5 Å². The number of benzene rings is 2. The van der Waals surface area contributed by atoms with Crippen LogP contribution in [-0.2, 0) is 20.7 Å². The molecule has 2 rings (SSSR count). The van der Waals surface area contributed by atoms with Gasteiger partial charge in [-0.15, -0.1) is 0 Å². The van der Waals surface area contributed by atoms with E-state index in [1.165, 1.54) is 7.11 Å². The molecular weight excluding hydrogens is 388 g/mol. The van der Waals surface area contributed by atoms with Crippen LogP contribution in [0.4, 0.5) is 0 Å². The monoisotopic (exact) mass is 416 g/mol. The number of rotatable bonds is 13. The molecule has 0 fully saturated rings. The lowest BCUT2D eigenvalue weighted by Gasteiger charge is -2.13. The van der Waals surface area contributed by atoms with Crippen molar-refractivity contribution >= 4 is 5.97 Å². The molecule has 0 amide bonds. The van der Waals surface area contributed by atoms with Gasteiger partial charge >= 0.3 is 5.97 Å². The minimum Gasteiger partial charge on any atom is -0.491 e. The average Bonchev–Trinajstić information content (AvgIpc) is 2.76. The predicted molar refractivity (Wildman–Crippen MR) is 112 cm³/mol. The molecule has 2 unspecified atom stereocenters. The van der Waals surface area contributed by atoms with E-state index in [1.807, 2.05) is 48.5 Å². The first kappa shape index (κ1) is 23.4. The predicted octanol–water partition coefficient (Wildman–Crippen LogP) is 2.13. The third-order valence-electron chi connectivity index (χ3n) is 4.08. The zero-order valence-electron chi connectivity index (χ0n) is 17.0. The van der Waals surface area contributed by atoms with E-state index < -0.39 is 18.2 Å². The Hall–Kier alpha value is -2.87. The average molecular weight is 416 g/mol. The first-order valence-corrected chi connectivity index (χ1v) is 9.58. The summed E-state index contributed by atoms with van der Waals surface area (Å²) >= 11 is 0. The summed E-state index contributed by atoms with van der Waals surface area (Å²) in [4.78, 5) is 11.0. The molecule has 30 heavy (non-hydrogen) atoms. The van der Waals surface area contributed by atoms with Crippen LogP contribution in [0.1, 0.15) is 11.1 Å². The summed E-state index contributed by atoms with van der Waals surface area (Å²) in [6, 6.07) is 15.2. The van der Waals surface area contributed by atoms with Crippen molar-refractivity contribution in [2.24, 2.45) is 0 Å². The molecule has 2 aromatic carbocycles. The highest BCUT2D eigenvalue weighted by Gasteiger charge is 2.08. The van der Waals surface area contributed by atoms with Gasteiger partial charge in [0.25, 0.3) is 0 Å². The Morgan fingerprint density at radius 1 is 0.867 bits per heavy atom. The van der Waals surface area contributed by atoms with E-state index in [9.17, 15) is 15.0 Å². The maximum Gasteiger partial charge on any atom is 0.330 e. The van der Waals surface area contributed by atoms with Crippen LogP contribution in [0.2, 0.25) is 0 Å². The number of aliphatic hydroxyl groups excluding tert-OH is 2. The highest BCUT2D eigenvalue weighted by atomic mass is 16.5. The highest BCUT2D eigenvalue weighted by Crippen LogP contribution is 2.18. The van der Waals surface area contributed by atoms with Gasteiger partial charge in [0, 0.05) is 13.2 Å². The standard InChI is InChI=1S/C23H28O7/c1-3-23(26)30-16-20(25)15-29-22-10-6-18(7-11-22)12-17-4-8-21(9-5-17)28-14-19(24)13-27-2/h3-11,19-20,24-25H,1,12-16H2,2H3. The summed E-state index contributed by atoms with van der Waals surface area (Å²) < 4.78 is 20.7. The smallest absolute Gasteiger partial charge is 0.330 e. The molecule has 0 aliphatic rings. The van der Waals surface area contributed by atoms with Crippen LogP contribution in [0.5, 0.6) is 11.5 Å². The lowest BCUT2D eigenvalue weighted by molar-refractivity contribution is -0.141. The van der Waals surface area contributed by atoms with E-state index in [0.717, 1.165) is 23.6 Å². The molecule has 0 bridgehead atoms. The van der Waals surface area contributed by atoms with Crippen LogP contribution in [-0.4, -0.2) is 61.9 Å². The van der Waals surface area contributed by atoms with Gasteiger partial charge in [-0.1, -0.05) is 30.8 Å². The van der Waals surface area contributed by atoms with Crippen LogP contribution >= 0.6 is 0 Å². The van der Waals surface area contributed by atoms with Gasteiger partial charge in [-0.05, 0) is 41.8 Å². The Morgan fingerprint density at radius 2 is 1.33 bits per heavy atom. The Bertz CT molecular complexity index is 771. The number of carbonyl (C=O) groups is 1. The SMILES string of the molecule is C=CC(=O)OCC(O)COc1ccc(Cc2ccc(OCC(O)COC)cc2)cc1. The molecule has 7 nitrogen and oxygen atoms in total. The second kappa shape index (κ2) is 12.6. The van der Waals surface area contributed by atoms with Crippen LogP contribution in [0, 0.1) is 0 Å². The summed E-state index contributed by atoms with van der Waals surface area (Å²) in [6.07, 6.45) is 0.219. The van der Waals surface area contributed by atoms with Crippen molar-refractivity contribution < 1.29 is 34.0 Å². The van der Waals surface area contributed by atoms with Crippen LogP contribution in [0.25, 0.3) is 0 Å². The van der Waals surface area contributed by atoms with E-state index in [2.05, 4.69) is 6.58 Å². The fourth-order valence-electron chi connectivity index (χ4n) is 2.55. The van der Waals surface area contributed by atoms with E-state index in [1.54, 1.807) is 0 Å².